The zero-order valence-electron chi connectivity index (χ0n) is 5.41. The molecule has 0 heterocycles. The summed E-state index contributed by atoms with van der Waals surface area (Å²) in [5.74, 6) is 0. The van der Waals surface area contributed by atoms with Crippen molar-refractivity contribution in [2.75, 3.05) is 0 Å². The molecule has 0 aliphatic carbocycles. The predicted molar refractivity (Wildman–Crippen MR) is 47.9 cm³/mol. The Hall–Kier alpha value is 1.78. The Balaban J connectivity index is 3.39. The normalized spacial score (nSPS) is 12.8. The number of rotatable bonds is 1. The van der Waals surface area contributed by atoms with Crippen LogP contribution < -0.4 is 0 Å². The van der Waals surface area contributed by atoms with E-state index >= 15 is 0 Å². The van der Waals surface area contributed by atoms with Crippen LogP contribution in [0.4, 0.5) is 0 Å². The van der Waals surface area contributed by atoms with Crippen LogP contribution in [-0.4, -0.2) is 15.7 Å². The van der Waals surface area contributed by atoms with Gasteiger partial charge in [0.05, 0.1) is 0 Å². The third kappa shape index (κ3) is 7.78. The first-order valence-electron chi connectivity index (χ1n) is 2.51. The maximum atomic E-state index is 3.61. The summed E-state index contributed by atoms with van der Waals surface area (Å²) in [5.41, 5.74) is 0.510. The van der Waals surface area contributed by atoms with Gasteiger partial charge in [0.1, 0.15) is 0 Å². The molecule has 0 aromatic carbocycles. The number of halogens is 2. The molecule has 0 bridgehead atoms. The van der Waals surface area contributed by atoms with Crippen molar-refractivity contribution in [3.63, 3.8) is 0 Å². The van der Waals surface area contributed by atoms with Gasteiger partial charge in [-0.25, -0.2) is 0 Å². The molecule has 0 spiro atoms. The fourth-order valence-electron chi connectivity index (χ4n) is 0.359. The number of hydrogen-bond donors (Lipinski definition) is 0. The molecule has 3 heteroatoms. The van der Waals surface area contributed by atoms with E-state index in [0.717, 1.165) is 0 Å². The van der Waals surface area contributed by atoms with E-state index in [9.17, 15) is 0 Å². The summed E-state index contributed by atoms with van der Waals surface area (Å²) in [4.78, 5) is 0. The molecule has 8 heavy (non-hydrogen) atoms. The third-order valence-corrected chi connectivity index (χ3v) is 7.35. The van der Waals surface area contributed by atoms with E-state index in [-0.39, 0.29) is 0 Å². The van der Waals surface area contributed by atoms with Crippen LogP contribution in [0.2, 0.25) is 4.37 Å². The van der Waals surface area contributed by atoms with Gasteiger partial charge in [0.25, 0.3) is 0 Å². The van der Waals surface area contributed by atoms with Gasteiger partial charge < -0.3 is 0 Å². The van der Waals surface area contributed by atoms with E-state index in [1.165, 1.54) is 4.37 Å². The van der Waals surface area contributed by atoms with Gasteiger partial charge in [-0.05, 0) is 0 Å². The van der Waals surface area contributed by atoms with Crippen LogP contribution in [0.3, 0.4) is 0 Å². The van der Waals surface area contributed by atoms with E-state index < -0.39 is 15.7 Å². The van der Waals surface area contributed by atoms with Crippen LogP contribution in [-0.2, 0) is 0 Å². The van der Waals surface area contributed by atoms with Crippen LogP contribution in [0, 0.1) is 5.41 Å². The van der Waals surface area contributed by atoms with Crippen LogP contribution in [0.1, 0.15) is 20.8 Å². The average Bonchev–Trinajstić information content (AvgIpc) is 1.21. The molecule has 0 atom stereocenters. The van der Waals surface area contributed by atoms with Gasteiger partial charge in [0.15, 0.2) is 0 Å². The summed E-state index contributed by atoms with van der Waals surface area (Å²) in [5, 5.41) is 0. The standard InChI is InChI=1S/C5H11.2BrH.Sb/c1-5(2,3)4;;;/h1H2,2-4H3;2*1H;/q;;;+2/p-2. The van der Waals surface area contributed by atoms with Crippen molar-refractivity contribution < 1.29 is 0 Å². The van der Waals surface area contributed by atoms with Crippen molar-refractivity contribution in [1.29, 1.82) is 0 Å². The van der Waals surface area contributed by atoms with Crippen LogP contribution >= 0.6 is 25.2 Å². The van der Waals surface area contributed by atoms with Crippen molar-refractivity contribution in [2.45, 2.75) is 25.1 Å². The molecule has 0 aliphatic heterocycles. The zero-order valence-corrected chi connectivity index (χ0v) is 11.1. The summed E-state index contributed by atoms with van der Waals surface area (Å²) < 4.78 is 1.34. The zero-order chi connectivity index (χ0) is 6.78. The molecule has 0 unspecified atom stereocenters. The first-order chi connectivity index (χ1) is 3.42. The van der Waals surface area contributed by atoms with Gasteiger partial charge in [-0.15, -0.1) is 0 Å². The summed E-state index contributed by atoms with van der Waals surface area (Å²) in [7, 11) is 0. The minimum atomic E-state index is -1.03. The Morgan fingerprint density at radius 2 is 1.62 bits per heavy atom. The SMILES string of the molecule is CC(C)(C)[CH2][Sb]([Br])[Br]. The molecule has 0 rings (SSSR count). The summed E-state index contributed by atoms with van der Waals surface area (Å²) >= 11 is 6.19. The van der Waals surface area contributed by atoms with E-state index in [0.29, 0.717) is 5.41 Å². The molecule has 50 valence electrons. The van der Waals surface area contributed by atoms with Crippen LogP contribution in [0.15, 0.2) is 0 Å². The fourth-order valence-corrected chi connectivity index (χ4v) is 12.5. The first-order valence-corrected chi connectivity index (χ1v) is 15.8. The Morgan fingerprint density at radius 3 is 1.62 bits per heavy atom. The molecule has 0 saturated carbocycles. The average molecular weight is 353 g/mol. The summed E-state index contributed by atoms with van der Waals surface area (Å²) in [6.45, 7) is 6.81. The maximum absolute atomic E-state index is 3.61. The Morgan fingerprint density at radius 1 is 1.25 bits per heavy atom. The molecule has 0 aliphatic rings. The molecular formula is C5H11Br2Sb. The van der Waals surface area contributed by atoms with Gasteiger partial charge in [0, 0.05) is 0 Å². The van der Waals surface area contributed by atoms with E-state index in [1.807, 2.05) is 0 Å². The van der Waals surface area contributed by atoms with Crippen molar-refractivity contribution >= 4 is 40.9 Å². The number of hydrogen-bond acceptors (Lipinski definition) is 0. The molecule has 0 aromatic rings. The quantitative estimate of drug-likeness (QED) is 0.635. The Kier molecular flexibility index (Phi) is 4.68. The second-order valence-corrected chi connectivity index (χ2v) is 23.5. The fraction of sp³-hybridized carbons (Fsp3) is 1.00. The van der Waals surface area contributed by atoms with E-state index in [4.69, 9.17) is 0 Å². The third-order valence-electron chi connectivity index (χ3n) is 0.594. The van der Waals surface area contributed by atoms with Crippen LogP contribution in [0.5, 0.6) is 0 Å². The molecule has 0 radical (unpaired) electrons. The molecule has 0 nitrogen and oxygen atoms in total. The molecule has 0 fully saturated rings. The second kappa shape index (κ2) is 3.83. The first kappa shape index (κ1) is 9.78. The molecule has 0 amide bonds. The van der Waals surface area contributed by atoms with Gasteiger partial charge in [-0.1, -0.05) is 0 Å². The van der Waals surface area contributed by atoms with Gasteiger partial charge in [-0.3, -0.25) is 0 Å². The van der Waals surface area contributed by atoms with Gasteiger partial charge in [-0.2, -0.15) is 0 Å². The summed E-state index contributed by atoms with van der Waals surface area (Å²) in [6, 6.07) is 0. The van der Waals surface area contributed by atoms with E-state index in [1.54, 1.807) is 0 Å². The molecular weight excluding hydrogens is 342 g/mol. The summed E-state index contributed by atoms with van der Waals surface area (Å²) in [6.07, 6.45) is 0. The van der Waals surface area contributed by atoms with Crippen molar-refractivity contribution in [3.05, 3.63) is 0 Å². The molecule has 0 saturated heterocycles. The molecule has 0 N–H and O–H groups in total. The van der Waals surface area contributed by atoms with E-state index in [2.05, 4.69) is 46.0 Å². The van der Waals surface area contributed by atoms with Gasteiger partial charge in [0.2, 0.25) is 0 Å². The van der Waals surface area contributed by atoms with Crippen molar-refractivity contribution in [3.8, 4) is 0 Å². The van der Waals surface area contributed by atoms with Crippen molar-refractivity contribution in [1.82, 2.24) is 0 Å². The molecule has 0 aromatic heterocycles. The second-order valence-electron chi connectivity index (χ2n) is 3.02. The topological polar surface area (TPSA) is 0 Å². The monoisotopic (exact) mass is 350 g/mol. The predicted octanol–water partition coefficient (Wildman–Crippen LogP) is 3.31. The Bertz CT molecular complexity index is 65.3. The van der Waals surface area contributed by atoms with Gasteiger partial charge >= 0.3 is 71.5 Å². The Labute approximate surface area is 70.7 Å². The minimum absolute atomic E-state index is 0.510. The van der Waals surface area contributed by atoms with Crippen LogP contribution in [0.25, 0.3) is 0 Å². The van der Waals surface area contributed by atoms with Crippen molar-refractivity contribution in [2.24, 2.45) is 5.41 Å².